The molecule has 1 aromatic rings. The average molecular weight is 249 g/mol. The van der Waals surface area contributed by atoms with E-state index in [0.717, 1.165) is 11.1 Å². The van der Waals surface area contributed by atoms with Gasteiger partial charge in [0.1, 0.15) is 5.60 Å². The van der Waals surface area contributed by atoms with Gasteiger partial charge in [-0.05, 0) is 31.9 Å². The van der Waals surface area contributed by atoms with Crippen molar-refractivity contribution in [2.24, 2.45) is 0 Å². The molecule has 4 heteroatoms. The molecule has 1 rings (SSSR count). The second-order valence-corrected chi connectivity index (χ2v) is 4.86. The molecule has 98 valence electrons. The van der Waals surface area contributed by atoms with Gasteiger partial charge >= 0.3 is 6.09 Å². The highest BCUT2D eigenvalue weighted by molar-refractivity contribution is 5.67. The van der Waals surface area contributed by atoms with E-state index >= 15 is 0 Å². The first kappa shape index (κ1) is 14.3. The van der Waals surface area contributed by atoms with E-state index in [1.165, 1.54) is 0 Å². The van der Waals surface area contributed by atoms with Crippen LogP contribution in [0.3, 0.4) is 0 Å². The van der Waals surface area contributed by atoms with Gasteiger partial charge in [-0.1, -0.05) is 36.9 Å². The molecule has 0 atom stereocenters. The fraction of sp³-hybridized carbons (Fsp3) is 0.357. The van der Waals surface area contributed by atoms with Gasteiger partial charge in [-0.25, -0.2) is 4.79 Å². The van der Waals surface area contributed by atoms with Gasteiger partial charge in [0.05, 0.1) is 6.61 Å². The fourth-order valence-electron chi connectivity index (χ4n) is 1.24. The largest absolute Gasteiger partial charge is 0.442 e. The third-order valence-corrected chi connectivity index (χ3v) is 1.98. The van der Waals surface area contributed by atoms with Gasteiger partial charge in [-0.3, -0.25) is 4.84 Å². The first-order chi connectivity index (χ1) is 8.38. The Morgan fingerprint density at radius 2 is 1.89 bits per heavy atom. The van der Waals surface area contributed by atoms with Crippen LogP contribution in [0.2, 0.25) is 0 Å². The van der Waals surface area contributed by atoms with E-state index in [9.17, 15) is 4.79 Å². The van der Waals surface area contributed by atoms with Gasteiger partial charge in [0.15, 0.2) is 0 Å². The van der Waals surface area contributed by atoms with Crippen molar-refractivity contribution in [2.45, 2.75) is 26.4 Å². The topological polar surface area (TPSA) is 47.6 Å². The third-order valence-electron chi connectivity index (χ3n) is 1.98. The Bertz CT molecular complexity index is 407. The van der Waals surface area contributed by atoms with Crippen molar-refractivity contribution in [1.29, 1.82) is 0 Å². The number of ether oxygens (including phenoxy) is 1. The van der Waals surface area contributed by atoms with Crippen molar-refractivity contribution < 1.29 is 14.4 Å². The summed E-state index contributed by atoms with van der Waals surface area (Å²) in [6.07, 6.45) is -0.608. The minimum Gasteiger partial charge on any atom is -0.442 e. The minimum atomic E-state index is -0.608. The highest BCUT2D eigenvalue weighted by Gasteiger charge is 2.15. The maximum absolute atomic E-state index is 11.3. The van der Waals surface area contributed by atoms with E-state index in [2.05, 4.69) is 12.1 Å². The molecule has 0 aliphatic heterocycles. The van der Waals surface area contributed by atoms with Crippen LogP contribution in [0.5, 0.6) is 0 Å². The average Bonchev–Trinajstić information content (AvgIpc) is 2.27. The van der Waals surface area contributed by atoms with Crippen LogP contribution in [0.4, 0.5) is 4.79 Å². The quantitative estimate of drug-likeness (QED) is 0.834. The van der Waals surface area contributed by atoms with Gasteiger partial charge in [-0.2, -0.15) is 5.48 Å². The second-order valence-electron chi connectivity index (χ2n) is 4.86. The summed E-state index contributed by atoms with van der Waals surface area (Å²) in [5.41, 5.74) is 3.44. The molecule has 0 aromatic heterocycles. The zero-order chi connectivity index (χ0) is 13.6. The number of amides is 1. The molecule has 18 heavy (non-hydrogen) atoms. The van der Waals surface area contributed by atoms with Crippen LogP contribution in [0.25, 0.3) is 5.57 Å². The van der Waals surface area contributed by atoms with Crippen molar-refractivity contribution in [2.75, 3.05) is 6.61 Å². The van der Waals surface area contributed by atoms with Crippen LogP contribution in [0.15, 0.2) is 36.9 Å². The zero-order valence-electron chi connectivity index (χ0n) is 11.0. The maximum Gasteiger partial charge on any atom is 0.431 e. The lowest BCUT2D eigenvalue weighted by molar-refractivity contribution is 0.00135. The van der Waals surface area contributed by atoms with Crippen molar-refractivity contribution in [3.05, 3.63) is 42.5 Å². The molecule has 0 fully saturated rings. The van der Waals surface area contributed by atoms with E-state index in [-0.39, 0.29) is 6.61 Å². The van der Waals surface area contributed by atoms with E-state index in [1.54, 1.807) is 20.8 Å². The zero-order valence-corrected chi connectivity index (χ0v) is 11.0. The molecule has 4 nitrogen and oxygen atoms in total. The summed E-state index contributed by atoms with van der Waals surface area (Å²) in [5, 5.41) is 0. The van der Waals surface area contributed by atoms with Crippen LogP contribution in [0, 0.1) is 0 Å². The summed E-state index contributed by atoms with van der Waals surface area (Å²) in [5.74, 6) is 0. The van der Waals surface area contributed by atoms with Gasteiger partial charge in [-0.15, -0.1) is 0 Å². The summed E-state index contributed by atoms with van der Waals surface area (Å²) in [6.45, 7) is 9.45. The number of nitrogens with one attached hydrogen (secondary N) is 1. The Balaban J connectivity index is 2.30. The Labute approximate surface area is 108 Å². The third kappa shape index (κ3) is 5.50. The Morgan fingerprint density at radius 1 is 1.28 bits per heavy atom. The predicted octanol–water partition coefficient (Wildman–Crippen LogP) is 3.16. The lowest BCUT2D eigenvalue weighted by Gasteiger charge is -2.19. The van der Waals surface area contributed by atoms with E-state index in [0.29, 0.717) is 0 Å². The molecule has 0 unspecified atom stereocenters. The minimum absolute atomic E-state index is 0.212. The van der Waals surface area contributed by atoms with E-state index in [4.69, 9.17) is 9.57 Å². The van der Waals surface area contributed by atoms with E-state index < -0.39 is 11.7 Å². The van der Waals surface area contributed by atoms with E-state index in [1.807, 2.05) is 30.3 Å². The normalized spacial score (nSPS) is 10.8. The molecule has 0 saturated heterocycles. The Hall–Kier alpha value is -1.81. The number of carbonyl (C=O) groups is 1. The first-order valence-electron chi connectivity index (χ1n) is 5.72. The maximum atomic E-state index is 11.3. The monoisotopic (exact) mass is 249 g/mol. The van der Waals surface area contributed by atoms with Gasteiger partial charge in [0.25, 0.3) is 0 Å². The number of hydroxylamine groups is 1. The molecule has 0 aliphatic rings. The van der Waals surface area contributed by atoms with Crippen LogP contribution < -0.4 is 5.48 Å². The molecule has 0 saturated carbocycles. The van der Waals surface area contributed by atoms with Crippen molar-refractivity contribution in [1.82, 2.24) is 5.48 Å². The van der Waals surface area contributed by atoms with Gasteiger partial charge in [0.2, 0.25) is 0 Å². The van der Waals surface area contributed by atoms with Crippen molar-refractivity contribution >= 4 is 11.7 Å². The molecule has 0 bridgehead atoms. The van der Waals surface area contributed by atoms with Crippen LogP contribution in [0.1, 0.15) is 26.3 Å². The molecule has 1 amide bonds. The molecule has 1 N–H and O–H groups in total. The number of hydrogen-bond acceptors (Lipinski definition) is 3. The van der Waals surface area contributed by atoms with Gasteiger partial charge in [0, 0.05) is 0 Å². The summed E-state index contributed by atoms with van der Waals surface area (Å²) in [7, 11) is 0. The molecular weight excluding hydrogens is 230 g/mol. The highest BCUT2D eigenvalue weighted by atomic mass is 16.7. The number of hydrogen-bond donors (Lipinski definition) is 1. The molecular formula is C14H19NO3. The van der Waals surface area contributed by atoms with Crippen LogP contribution in [-0.4, -0.2) is 18.3 Å². The summed E-state index contributed by atoms with van der Waals surface area (Å²) in [4.78, 5) is 16.3. The Morgan fingerprint density at radius 3 is 2.44 bits per heavy atom. The summed E-state index contributed by atoms with van der Waals surface area (Å²) < 4.78 is 5.02. The molecule has 0 spiro atoms. The lowest BCUT2D eigenvalue weighted by Crippen LogP contribution is -2.32. The second kappa shape index (κ2) is 6.21. The summed E-state index contributed by atoms with van der Waals surface area (Å²) >= 11 is 0. The standard InChI is InChI=1S/C14H19NO3/c1-11(12-8-6-5-7-9-12)10-17-15-13(16)18-14(2,3)4/h5-9H,1,10H2,2-4H3,(H,15,16). The summed E-state index contributed by atoms with van der Waals surface area (Å²) in [6, 6.07) is 9.62. The predicted molar refractivity (Wildman–Crippen MR) is 70.8 cm³/mol. The van der Waals surface area contributed by atoms with Gasteiger partial charge < -0.3 is 4.74 Å². The lowest BCUT2D eigenvalue weighted by atomic mass is 10.1. The molecule has 1 aromatic carbocycles. The smallest absolute Gasteiger partial charge is 0.431 e. The SMILES string of the molecule is C=C(CONC(=O)OC(C)(C)C)c1ccccc1. The number of rotatable bonds is 4. The number of benzene rings is 1. The highest BCUT2D eigenvalue weighted by Crippen LogP contribution is 2.11. The number of carbonyl (C=O) groups excluding carboxylic acids is 1. The van der Waals surface area contributed by atoms with Crippen molar-refractivity contribution in [3.63, 3.8) is 0 Å². The fourth-order valence-corrected chi connectivity index (χ4v) is 1.24. The molecule has 0 radical (unpaired) electrons. The van der Waals surface area contributed by atoms with Crippen LogP contribution in [-0.2, 0) is 9.57 Å². The Kier molecular flexibility index (Phi) is 4.92. The first-order valence-corrected chi connectivity index (χ1v) is 5.72. The van der Waals surface area contributed by atoms with Crippen molar-refractivity contribution in [3.8, 4) is 0 Å². The van der Waals surface area contributed by atoms with Crippen LogP contribution >= 0.6 is 0 Å². The molecule has 0 aliphatic carbocycles. The molecule has 0 heterocycles.